The monoisotopic (exact) mass is 734 g/mol. The fraction of sp³-hybridized carbons (Fsp3) is 0.432. The van der Waals surface area contributed by atoms with Gasteiger partial charge < -0.3 is 19.1 Å². The number of halogens is 1. The second-order valence-corrected chi connectivity index (χ2v) is 13.4. The molecule has 47 heavy (non-hydrogen) atoms. The average molecular weight is 736 g/mol. The lowest BCUT2D eigenvalue weighted by molar-refractivity contribution is 0.161. The smallest absolute Gasteiger partial charge is 0.132 e. The molecule has 3 aromatic carbocycles. The molecule has 248 valence electrons. The highest BCUT2D eigenvalue weighted by atomic mass is 79.9. The van der Waals surface area contributed by atoms with Gasteiger partial charge in [-0.1, -0.05) is 15.9 Å². The van der Waals surface area contributed by atoms with Gasteiger partial charge in [0.1, 0.15) is 17.2 Å². The van der Waals surface area contributed by atoms with Crippen molar-refractivity contribution in [2.75, 3.05) is 57.3 Å². The second-order valence-electron chi connectivity index (χ2n) is 11.0. The minimum atomic E-state index is 0.662. The van der Waals surface area contributed by atoms with E-state index >= 15 is 0 Å². The number of alkyl halides is 1. The molecule has 0 unspecified atom stereocenters. The molecule has 0 N–H and O–H groups in total. The number of benzene rings is 3. The number of nitriles is 3. The largest absolute Gasteiger partial charge is 0.494 e. The SMILES string of the molecule is CSc1cc(C#N)ccc1OCCCBr.CSc1cc(C#N)ccc1OCCCN1CCC(CCCOc2ccc(C#N)cc2)CC1. The first kappa shape index (κ1) is 38.1. The predicted octanol–water partition coefficient (Wildman–Crippen LogP) is 8.94. The van der Waals surface area contributed by atoms with Crippen LogP contribution in [0.4, 0.5) is 0 Å². The summed E-state index contributed by atoms with van der Waals surface area (Å²) in [5.41, 5.74) is 2.01. The minimum absolute atomic E-state index is 0.662. The van der Waals surface area contributed by atoms with Crippen LogP contribution >= 0.6 is 39.5 Å². The maximum Gasteiger partial charge on any atom is 0.132 e. The molecule has 1 heterocycles. The number of rotatable bonds is 16. The lowest BCUT2D eigenvalue weighted by Gasteiger charge is -2.32. The number of hydrogen-bond donors (Lipinski definition) is 0. The molecule has 4 rings (SSSR count). The van der Waals surface area contributed by atoms with E-state index in [-0.39, 0.29) is 0 Å². The molecular formula is C37H43BrN4O3S2. The van der Waals surface area contributed by atoms with E-state index in [1.807, 2.05) is 55.0 Å². The molecule has 7 nitrogen and oxygen atoms in total. The Hall–Kier alpha value is -3.33. The average Bonchev–Trinajstić information content (AvgIpc) is 3.13. The molecule has 0 amide bonds. The lowest BCUT2D eigenvalue weighted by atomic mass is 9.92. The van der Waals surface area contributed by atoms with Gasteiger partial charge in [-0.2, -0.15) is 15.8 Å². The quantitative estimate of drug-likeness (QED) is 0.0811. The third-order valence-corrected chi connectivity index (χ3v) is 9.79. The number of ether oxygens (including phenoxy) is 3. The summed E-state index contributed by atoms with van der Waals surface area (Å²) >= 11 is 6.56. The van der Waals surface area contributed by atoms with Crippen LogP contribution < -0.4 is 14.2 Å². The predicted molar refractivity (Wildman–Crippen MR) is 195 cm³/mol. The van der Waals surface area contributed by atoms with Crippen LogP contribution in [-0.2, 0) is 0 Å². The summed E-state index contributed by atoms with van der Waals surface area (Å²) in [6.45, 7) is 5.52. The Balaban J connectivity index is 0.000000335. The fourth-order valence-corrected chi connectivity index (χ4v) is 6.48. The zero-order valence-corrected chi connectivity index (χ0v) is 30.5. The van der Waals surface area contributed by atoms with E-state index < -0.39 is 0 Å². The minimum Gasteiger partial charge on any atom is -0.494 e. The maximum absolute atomic E-state index is 9.03. The van der Waals surface area contributed by atoms with Gasteiger partial charge in [-0.3, -0.25) is 0 Å². The second kappa shape index (κ2) is 22.3. The molecule has 1 fully saturated rings. The Kier molecular flexibility index (Phi) is 18.1. The number of likely N-dealkylation sites (tertiary alicyclic amines) is 1. The first-order chi connectivity index (χ1) is 23.0. The van der Waals surface area contributed by atoms with Crippen LogP contribution in [0.25, 0.3) is 0 Å². The van der Waals surface area contributed by atoms with Crippen LogP contribution in [0.2, 0.25) is 0 Å². The summed E-state index contributed by atoms with van der Waals surface area (Å²) in [5.74, 6) is 3.36. The molecule has 3 aromatic rings. The van der Waals surface area contributed by atoms with Crippen molar-refractivity contribution in [3.63, 3.8) is 0 Å². The summed E-state index contributed by atoms with van der Waals surface area (Å²) in [5, 5.41) is 27.6. The molecule has 0 aromatic heterocycles. The van der Waals surface area contributed by atoms with Gasteiger partial charge in [0.2, 0.25) is 0 Å². The van der Waals surface area contributed by atoms with Crippen molar-refractivity contribution in [2.24, 2.45) is 5.92 Å². The Bertz CT molecular complexity index is 1490. The van der Waals surface area contributed by atoms with Gasteiger partial charge in [0.25, 0.3) is 0 Å². The first-order valence-electron chi connectivity index (χ1n) is 15.9. The Labute approximate surface area is 297 Å². The van der Waals surface area contributed by atoms with Crippen LogP contribution in [0.1, 0.15) is 55.2 Å². The standard InChI is InChI=1S/C26H31N3O2S.C11H12BrNOS/c1-32-26-18-23(20-28)7-10-25(26)31-17-3-13-29-14-11-21(12-15-29)4-2-16-30-24-8-5-22(19-27)6-9-24;1-15-11-7-9(8-13)3-4-10(11)14-6-2-5-12/h5-10,18,21H,2-4,11-17H2,1H3;3-4,7H,2,5-6H2,1H3. The molecule has 10 heteroatoms. The molecule has 0 saturated carbocycles. The van der Waals surface area contributed by atoms with Crippen molar-refractivity contribution >= 4 is 39.5 Å². The molecular weight excluding hydrogens is 692 g/mol. The summed E-state index contributed by atoms with van der Waals surface area (Å²) in [7, 11) is 0. The van der Waals surface area contributed by atoms with Crippen LogP contribution in [0, 0.1) is 39.9 Å². The van der Waals surface area contributed by atoms with E-state index in [1.54, 1.807) is 41.7 Å². The van der Waals surface area contributed by atoms with Gasteiger partial charge in [-0.15, -0.1) is 23.5 Å². The first-order valence-corrected chi connectivity index (χ1v) is 19.4. The molecule has 0 atom stereocenters. The normalized spacial score (nSPS) is 12.9. The highest BCUT2D eigenvalue weighted by Gasteiger charge is 2.18. The maximum atomic E-state index is 9.03. The van der Waals surface area contributed by atoms with E-state index in [0.717, 1.165) is 83.8 Å². The number of thioether (sulfide) groups is 2. The van der Waals surface area contributed by atoms with Crippen molar-refractivity contribution in [3.05, 3.63) is 77.4 Å². The highest BCUT2D eigenvalue weighted by Crippen LogP contribution is 2.30. The Morgan fingerprint density at radius 2 is 1.21 bits per heavy atom. The van der Waals surface area contributed by atoms with Crippen molar-refractivity contribution < 1.29 is 14.2 Å². The topological polar surface area (TPSA) is 102 Å². The van der Waals surface area contributed by atoms with E-state index in [2.05, 4.69) is 39.0 Å². The molecule has 1 aliphatic heterocycles. The van der Waals surface area contributed by atoms with Crippen molar-refractivity contribution in [2.45, 2.75) is 48.3 Å². The number of nitrogens with zero attached hydrogens (tertiary/aromatic N) is 4. The molecule has 1 aliphatic rings. The third-order valence-electron chi connectivity index (χ3n) is 7.71. The van der Waals surface area contributed by atoms with Crippen molar-refractivity contribution in [1.29, 1.82) is 15.8 Å². The molecule has 0 aliphatic carbocycles. The third kappa shape index (κ3) is 13.7. The fourth-order valence-electron chi connectivity index (χ4n) is 5.11. The van der Waals surface area contributed by atoms with Gasteiger partial charge in [0.15, 0.2) is 0 Å². The lowest BCUT2D eigenvalue weighted by Crippen LogP contribution is -2.35. The van der Waals surface area contributed by atoms with E-state index in [0.29, 0.717) is 29.9 Å². The van der Waals surface area contributed by atoms with Crippen molar-refractivity contribution in [3.8, 4) is 35.5 Å². The molecule has 0 radical (unpaired) electrons. The van der Waals surface area contributed by atoms with Gasteiger partial charge >= 0.3 is 0 Å². The molecule has 1 saturated heterocycles. The van der Waals surface area contributed by atoms with Gasteiger partial charge in [-0.05, 0) is 131 Å². The van der Waals surface area contributed by atoms with Crippen LogP contribution in [0.5, 0.6) is 17.2 Å². The summed E-state index contributed by atoms with van der Waals surface area (Å²) in [6.07, 6.45) is 10.8. The summed E-state index contributed by atoms with van der Waals surface area (Å²) in [6, 6.07) is 24.8. The van der Waals surface area contributed by atoms with Gasteiger partial charge in [0.05, 0.1) is 64.5 Å². The van der Waals surface area contributed by atoms with Gasteiger partial charge in [0, 0.05) is 11.9 Å². The highest BCUT2D eigenvalue weighted by molar-refractivity contribution is 9.09. The Morgan fingerprint density at radius 3 is 1.72 bits per heavy atom. The summed E-state index contributed by atoms with van der Waals surface area (Å²) in [4.78, 5) is 4.58. The van der Waals surface area contributed by atoms with Crippen LogP contribution in [0.15, 0.2) is 70.5 Å². The summed E-state index contributed by atoms with van der Waals surface area (Å²) < 4.78 is 17.4. The Morgan fingerprint density at radius 1 is 0.702 bits per heavy atom. The number of piperidine rings is 1. The zero-order chi connectivity index (χ0) is 33.7. The number of hydrogen-bond acceptors (Lipinski definition) is 9. The van der Waals surface area contributed by atoms with E-state index in [4.69, 9.17) is 30.0 Å². The van der Waals surface area contributed by atoms with E-state index in [9.17, 15) is 0 Å². The van der Waals surface area contributed by atoms with Gasteiger partial charge in [-0.25, -0.2) is 0 Å². The van der Waals surface area contributed by atoms with Crippen LogP contribution in [0.3, 0.4) is 0 Å². The van der Waals surface area contributed by atoms with Crippen LogP contribution in [-0.4, -0.2) is 62.2 Å². The zero-order valence-electron chi connectivity index (χ0n) is 27.3. The molecule has 0 spiro atoms. The van der Waals surface area contributed by atoms with E-state index in [1.165, 1.54) is 19.3 Å². The van der Waals surface area contributed by atoms with Crippen molar-refractivity contribution in [1.82, 2.24) is 4.90 Å². The molecule has 0 bridgehead atoms.